The van der Waals surface area contributed by atoms with Gasteiger partial charge in [-0.15, -0.1) is 0 Å². The Morgan fingerprint density at radius 1 is 0.931 bits per heavy atom. The van der Waals surface area contributed by atoms with Gasteiger partial charge in [-0.1, -0.05) is 38.7 Å². The molecule has 162 valence electrons. The van der Waals surface area contributed by atoms with E-state index < -0.39 is 17.7 Å². The molecule has 2 aliphatic carbocycles. The molecule has 1 nitrogen and oxygen atoms in total. The number of benzene rings is 1. The first-order valence-electron chi connectivity index (χ1n) is 11.1. The van der Waals surface area contributed by atoms with Crippen molar-refractivity contribution in [2.75, 3.05) is 0 Å². The monoisotopic (exact) mass is 412 g/mol. The molecule has 5 heteroatoms. The van der Waals surface area contributed by atoms with E-state index in [-0.39, 0.29) is 11.7 Å². The van der Waals surface area contributed by atoms with Crippen LogP contribution in [0.1, 0.15) is 71.1 Å². The molecule has 0 unspecified atom stereocenters. The maximum absolute atomic E-state index is 14.0. The van der Waals surface area contributed by atoms with E-state index in [0.29, 0.717) is 6.07 Å². The van der Waals surface area contributed by atoms with E-state index in [1.165, 1.54) is 44.6 Å². The minimum absolute atomic E-state index is 0.127. The highest BCUT2D eigenvalue weighted by molar-refractivity contribution is 5.24. The molecule has 2 saturated carbocycles. The summed E-state index contributed by atoms with van der Waals surface area (Å²) in [5.41, 5.74) is 0. The Kier molecular flexibility index (Phi) is 7.64. The van der Waals surface area contributed by atoms with Crippen LogP contribution < -0.4 is 4.74 Å². The number of allylic oxidation sites excluding steroid dienone is 1. The van der Waals surface area contributed by atoms with E-state index in [2.05, 4.69) is 11.7 Å². The Balaban J connectivity index is 1.44. The summed E-state index contributed by atoms with van der Waals surface area (Å²) in [5, 5.41) is 0. The van der Waals surface area contributed by atoms with Gasteiger partial charge in [0.15, 0.2) is 11.6 Å². The summed E-state index contributed by atoms with van der Waals surface area (Å²) in [7, 11) is 0. The van der Waals surface area contributed by atoms with Crippen molar-refractivity contribution in [2.24, 2.45) is 23.7 Å². The van der Waals surface area contributed by atoms with Crippen LogP contribution in [-0.4, -0.2) is 6.11 Å². The molecule has 0 aromatic heterocycles. The predicted octanol–water partition coefficient (Wildman–Crippen LogP) is 7.91. The second-order valence-electron chi connectivity index (χ2n) is 8.84. The van der Waals surface area contributed by atoms with Crippen molar-refractivity contribution in [1.29, 1.82) is 0 Å². The maximum Gasteiger partial charge on any atom is 0.419 e. The number of alkyl halides is 2. The lowest BCUT2D eigenvalue weighted by molar-refractivity contribution is -0.132. The highest BCUT2D eigenvalue weighted by Gasteiger charge is 2.32. The second-order valence-corrected chi connectivity index (χ2v) is 8.84. The molecule has 0 heterocycles. The zero-order chi connectivity index (χ0) is 20.9. The van der Waals surface area contributed by atoms with Crippen molar-refractivity contribution in [2.45, 2.75) is 77.2 Å². The van der Waals surface area contributed by atoms with Crippen LogP contribution in [0.5, 0.6) is 5.75 Å². The Labute approximate surface area is 171 Å². The van der Waals surface area contributed by atoms with Gasteiger partial charge in [0.2, 0.25) is 0 Å². The lowest BCUT2D eigenvalue weighted by Crippen LogP contribution is -2.26. The van der Waals surface area contributed by atoms with E-state index >= 15 is 0 Å². The molecule has 29 heavy (non-hydrogen) atoms. The quantitative estimate of drug-likeness (QED) is 0.327. The third-order valence-corrected chi connectivity index (χ3v) is 6.78. The lowest BCUT2D eigenvalue weighted by atomic mass is 9.69. The molecule has 1 aromatic rings. The van der Waals surface area contributed by atoms with E-state index in [0.717, 1.165) is 61.6 Å². The first kappa shape index (κ1) is 22.2. The average Bonchev–Trinajstić information content (AvgIpc) is 2.70. The van der Waals surface area contributed by atoms with Gasteiger partial charge < -0.3 is 4.74 Å². The highest BCUT2D eigenvalue weighted by atomic mass is 19.3. The molecular weight excluding hydrogens is 380 g/mol. The summed E-state index contributed by atoms with van der Waals surface area (Å²) in [6, 6.07) is 2.42. The maximum atomic E-state index is 14.0. The number of ether oxygens (including phenoxy) is 1. The van der Waals surface area contributed by atoms with Crippen LogP contribution in [0.2, 0.25) is 0 Å². The highest BCUT2D eigenvalue weighted by Crippen LogP contribution is 2.42. The second kappa shape index (κ2) is 9.99. The third-order valence-electron chi connectivity index (χ3n) is 6.78. The zero-order valence-corrected chi connectivity index (χ0v) is 17.2. The number of hydrogen-bond donors (Lipinski definition) is 0. The normalized spacial score (nSPS) is 28.6. The van der Waals surface area contributed by atoms with Crippen molar-refractivity contribution >= 4 is 0 Å². The fourth-order valence-corrected chi connectivity index (χ4v) is 5.14. The number of rotatable bonds is 7. The van der Waals surface area contributed by atoms with Gasteiger partial charge in [-0.25, -0.2) is 8.78 Å². The molecule has 0 spiro atoms. The number of hydrogen-bond acceptors (Lipinski definition) is 1. The van der Waals surface area contributed by atoms with Crippen LogP contribution in [0.4, 0.5) is 17.6 Å². The molecule has 2 fully saturated rings. The van der Waals surface area contributed by atoms with Gasteiger partial charge in [0.05, 0.1) is 0 Å². The van der Waals surface area contributed by atoms with Gasteiger partial charge in [0.25, 0.3) is 0 Å². The average molecular weight is 413 g/mol. The van der Waals surface area contributed by atoms with Crippen LogP contribution in [0, 0.1) is 35.3 Å². The summed E-state index contributed by atoms with van der Waals surface area (Å²) < 4.78 is 58.7. The first-order chi connectivity index (χ1) is 13.9. The van der Waals surface area contributed by atoms with Crippen molar-refractivity contribution < 1.29 is 22.3 Å². The van der Waals surface area contributed by atoms with Crippen LogP contribution in [0.3, 0.4) is 0 Å². The molecule has 1 aromatic carbocycles. The first-order valence-corrected chi connectivity index (χ1v) is 11.1. The molecule has 3 rings (SSSR count). The van der Waals surface area contributed by atoms with Gasteiger partial charge in [0, 0.05) is 12.1 Å². The Bertz CT molecular complexity index is 671. The molecule has 0 N–H and O–H groups in total. The summed E-state index contributed by atoms with van der Waals surface area (Å²) in [6.45, 7) is 2.26. The van der Waals surface area contributed by atoms with Crippen LogP contribution in [0.15, 0.2) is 30.4 Å². The van der Waals surface area contributed by atoms with E-state index in [1.807, 2.05) is 0 Å². The topological polar surface area (TPSA) is 9.23 Å². The van der Waals surface area contributed by atoms with Gasteiger partial charge in [-0.05, 0) is 74.3 Å². The van der Waals surface area contributed by atoms with Crippen molar-refractivity contribution in [3.05, 3.63) is 42.0 Å². The smallest absolute Gasteiger partial charge is 0.419 e. The number of halogens is 4. The minimum atomic E-state index is -3.54. The minimum Gasteiger partial charge on any atom is -0.429 e. The Morgan fingerprint density at radius 3 is 2.14 bits per heavy atom. The van der Waals surface area contributed by atoms with Crippen LogP contribution in [0.25, 0.3) is 0 Å². The van der Waals surface area contributed by atoms with Gasteiger partial charge in [-0.3, -0.25) is 0 Å². The van der Waals surface area contributed by atoms with Crippen molar-refractivity contribution in [3.8, 4) is 5.75 Å². The predicted molar refractivity (Wildman–Crippen MR) is 107 cm³/mol. The van der Waals surface area contributed by atoms with Gasteiger partial charge in [-0.2, -0.15) is 8.78 Å². The Hall–Kier alpha value is -1.52. The molecule has 0 aliphatic heterocycles. The van der Waals surface area contributed by atoms with E-state index in [1.54, 1.807) is 0 Å². The molecule has 0 saturated heterocycles. The van der Waals surface area contributed by atoms with E-state index in [4.69, 9.17) is 0 Å². The summed E-state index contributed by atoms with van der Waals surface area (Å²) in [6.07, 6.45) is 10.8. The fraction of sp³-hybridized carbons (Fsp3) is 0.667. The summed E-state index contributed by atoms with van der Waals surface area (Å²) >= 11 is 0. The zero-order valence-electron chi connectivity index (χ0n) is 17.2. The van der Waals surface area contributed by atoms with Gasteiger partial charge >= 0.3 is 6.11 Å². The summed E-state index contributed by atoms with van der Waals surface area (Å²) in [4.78, 5) is 0. The van der Waals surface area contributed by atoms with Gasteiger partial charge in [0.1, 0.15) is 5.75 Å². The molecular formula is C24H32F4O. The largest absolute Gasteiger partial charge is 0.429 e. The molecule has 0 amide bonds. The lowest BCUT2D eigenvalue weighted by Gasteiger charge is -2.37. The Morgan fingerprint density at radius 2 is 1.55 bits per heavy atom. The standard InChI is InChI=1S/C24H32F4O/c1-2-3-17-4-8-19(9-5-17)20-10-6-18(7-11-20)14-15-24(27,28)29-21-12-13-22(25)23(26)16-21/h12-20H,2-11H2,1H3/b15-14+. The summed E-state index contributed by atoms with van der Waals surface area (Å²) in [5.74, 6) is -0.0983. The van der Waals surface area contributed by atoms with Crippen LogP contribution >= 0.6 is 0 Å². The van der Waals surface area contributed by atoms with Crippen molar-refractivity contribution in [3.63, 3.8) is 0 Å². The van der Waals surface area contributed by atoms with Crippen molar-refractivity contribution in [1.82, 2.24) is 0 Å². The SMILES string of the molecule is CCCC1CCC(C2CCC(/C=C/C(F)(F)Oc3ccc(F)c(F)c3)CC2)CC1. The van der Waals surface area contributed by atoms with Crippen LogP contribution in [-0.2, 0) is 0 Å². The fourth-order valence-electron chi connectivity index (χ4n) is 5.14. The molecule has 0 atom stereocenters. The molecule has 2 aliphatic rings. The third kappa shape index (κ3) is 6.48. The van der Waals surface area contributed by atoms with E-state index in [9.17, 15) is 17.6 Å². The molecule has 0 bridgehead atoms. The molecule has 0 radical (unpaired) electrons.